The van der Waals surface area contributed by atoms with Crippen molar-refractivity contribution in [2.75, 3.05) is 127 Å². The highest BCUT2D eigenvalue weighted by Gasteiger charge is 2.29. The molecule has 23 nitrogen and oxygen atoms in total. The van der Waals surface area contributed by atoms with Gasteiger partial charge in [0.15, 0.2) is 5.96 Å². The van der Waals surface area contributed by atoms with Gasteiger partial charge in [0, 0.05) is 90.9 Å². The van der Waals surface area contributed by atoms with Crippen molar-refractivity contribution in [3.63, 3.8) is 0 Å². The van der Waals surface area contributed by atoms with Gasteiger partial charge in [0.05, 0.1) is 44.4 Å². The number of guanidine groups is 1. The lowest BCUT2D eigenvalue weighted by atomic mass is 10.2. The smallest absolute Gasteiger partial charge is 0.247 e. The Bertz CT molecular complexity index is 1800. The molecule has 3 aromatic rings. The molecule has 0 bridgehead atoms. The Labute approximate surface area is 349 Å². The number of aliphatic hydroxyl groups is 1. The van der Waals surface area contributed by atoms with E-state index in [2.05, 4.69) is 36.9 Å². The number of aliphatic hydroxyl groups excluding tert-OH is 1. The van der Waals surface area contributed by atoms with Crippen molar-refractivity contribution in [3.8, 4) is 12.3 Å². The Balaban J connectivity index is 0.00000769. The number of rotatable bonds is 23. The molecule has 324 valence electrons. The number of aryl methyl sites for hydroxylation is 1. The van der Waals surface area contributed by atoms with Crippen molar-refractivity contribution in [2.45, 2.75) is 38.8 Å². The van der Waals surface area contributed by atoms with Crippen molar-refractivity contribution in [1.82, 2.24) is 54.7 Å². The van der Waals surface area contributed by atoms with Crippen LogP contribution in [-0.4, -0.2) is 189 Å². The fourth-order valence-electron chi connectivity index (χ4n) is 6.15. The molecular weight excluding hydrogens is 790 g/mol. The third-order valence-corrected chi connectivity index (χ3v) is 9.31. The molecule has 24 heteroatoms. The quantitative estimate of drug-likeness (QED) is 0.0334. The first-order valence-electron chi connectivity index (χ1n) is 19.4. The number of hydrogen-bond donors (Lipinski definition) is 4. The number of nitrogens with one attached hydrogen (secondary N) is 1. The number of hydrogen-bond acceptors (Lipinski definition) is 17. The Morgan fingerprint density at radius 2 is 1.47 bits per heavy atom. The predicted octanol–water partition coefficient (Wildman–Crippen LogP) is -2.43. The number of carbonyl (C=O) groups is 2. The summed E-state index contributed by atoms with van der Waals surface area (Å²) in [6.07, 6.45) is 10.4. The Kier molecular flexibility index (Phi) is 19.2. The normalized spacial score (nSPS) is 14.7. The van der Waals surface area contributed by atoms with Crippen LogP contribution in [0.2, 0.25) is 0 Å². The monoisotopic (exact) mass is 845 g/mol. The maximum atomic E-state index is 13.5. The van der Waals surface area contributed by atoms with Crippen LogP contribution in [0.15, 0.2) is 17.4 Å². The Hall–Kier alpha value is -5.41. The van der Waals surface area contributed by atoms with Gasteiger partial charge in [-0.15, -0.1) is 29.0 Å². The molecule has 2 amide bonds. The minimum absolute atomic E-state index is 0. The number of anilines is 3. The SMILES string of the molecule is C#CCOCCOCCOCCNc1nc(N2CCN(C(=O)Cn3cc(CCO)nn3)CC2)nc(N2CCN(C(=O)[C@H](C)n3cc(CCCN=C(N)N)nn3)CC2)n1.Cl. The molecule has 3 aromatic heterocycles. The second-order valence-electron chi connectivity index (χ2n) is 13.5. The van der Waals surface area contributed by atoms with E-state index in [1.165, 1.54) is 4.68 Å². The van der Waals surface area contributed by atoms with E-state index in [9.17, 15) is 9.59 Å². The molecule has 2 saturated heterocycles. The first kappa shape index (κ1) is 46.3. The standard InChI is InChI=1S/C35H55N17O6.ClH/c1-3-18-56-20-22-58-23-21-57-19-8-39-33-40-34(49-13-9-47(10-14-49)30(54)26-51-24-29(6-17-53)43-45-51)42-35(41-33)50-15-11-48(12-16-50)31(55)27(2)52-25-28(44-46-52)5-4-7-38-32(36)37;/h1,24-25,27,53H,4-23,26H2,2H3,(H4,36,37,38)(H,39,40,41,42);1H/t27-;/m0./s1. The summed E-state index contributed by atoms with van der Waals surface area (Å²) >= 11 is 0. The second kappa shape index (κ2) is 24.5. The third-order valence-electron chi connectivity index (χ3n) is 9.31. The first-order chi connectivity index (χ1) is 28.2. The Morgan fingerprint density at radius 3 is 2.12 bits per heavy atom. The zero-order valence-electron chi connectivity index (χ0n) is 33.5. The van der Waals surface area contributed by atoms with Crippen LogP contribution in [0.25, 0.3) is 0 Å². The number of halogens is 1. The van der Waals surface area contributed by atoms with E-state index in [-0.39, 0.29) is 49.9 Å². The molecule has 0 saturated carbocycles. The van der Waals surface area contributed by atoms with E-state index in [0.29, 0.717) is 141 Å². The van der Waals surface area contributed by atoms with Crippen LogP contribution < -0.4 is 26.6 Å². The summed E-state index contributed by atoms with van der Waals surface area (Å²) in [7, 11) is 0. The van der Waals surface area contributed by atoms with Gasteiger partial charge < -0.3 is 55.7 Å². The van der Waals surface area contributed by atoms with Gasteiger partial charge in [-0.2, -0.15) is 15.0 Å². The summed E-state index contributed by atoms with van der Waals surface area (Å²) in [5, 5.41) is 28.8. The largest absolute Gasteiger partial charge is 0.396 e. The maximum Gasteiger partial charge on any atom is 0.247 e. The van der Waals surface area contributed by atoms with E-state index in [1.54, 1.807) is 22.0 Å². The zero-order chi connectivity index (χ0) is 41.1. The predicted molar refractivity (Wildman–Crippen MR) is 219 cm³/mol. The number of aliphatic imine (C=N–C) groups is 1. The van der Waals surface area contributed by atoms with Gasteiger partial charge in [-0.3, -0.25) is 14.6 Å². The highest BCUT2D eigenvalue weighted by atomic mass is 35.5. The van der Waals surface area contributed by atoms with Gasteiger partial charge in [-0.1, -0.05) is 16.3 Å². The lowest BCUT2D eigenvalue weighted by molar-refractivity contribution is -0.135. The molecule has 1 atom stereocenters. The number of piperazine rings is 2. The Morgan fingerprint density at radius 1 is 0.864 bits per heavy atom. The van der Waals surface area contributed by atoms with Crippen molar-refractivity contribution < 1.29 is 28.9 Å². The van der Waals surface area contributed by atoms with Crippen LogP contribution >= 0.6 is 12.4 Å². The average Bonchev–Trinajstić information content (AvgIpc) is 3.90. The van der Waals surface area contributed by atoms with E-state index >= 15 is 0 Å². The number of terminal acetylenes is 1. The van der Waals surface area contributed by atoms with E-state index in [1.807, 2.05) is 21.6 Å². The van der Waals surface area contributed by atoms with Gasteiger partial charge in [-0.05, 0) is 19.8 Å². The van der Waals surface area contributed by atoms with Crippen LogP contribution in [-0.2, 0) is 43.2 Å². The second-order valence-corrected chi connectivity index (χ2v) is 13.5. The average molecular weight is 846 g/mol. The molecule has 2 aliphatic rings. The summed E-state index contributed by atoms with van der Waals surface area (Å²) < 4.78 is 19.5. The van der Waals surface area contributed by atoms with Gasteiger partial charge in [0.25, 0.3) is 0 Å². The number of carbonyl (C=O) groups excluding carboxylic acids is 2. The lowest BCUT2D eigenvalue weighted by Crippen LogP contribution is -2.51. The topological polar surface area (TPSA) is 272 Å². The molecule has 0 unspecified atom stereocenters. The summed E-state index contributed by atoms with van der Waals surface area (Å²) in [6.45, 7) is 9.03. The van der Waals surface area contributed by atoms with Crippen molar-refractivity contribution in [1.29, 1.82) is 0 Å². The first-order valence-corrected chi connectivity index (χ1v) is 19.4. The zero-order valence-corrected chi connectivity index (χ0v) is 34.3. The highest BCUT2D eigenvalue weighted by molar-refractivity contribution is 5.85. The third kappa shape index (κ3) is 14.7. The van der Waals surface area contributed by atoms with Crippen LogP contribution in [0, 0.1) is 12.3 Å². The van der Waals surface area contributed by atoms with Gasteiger partial charge >= 0.3 is 0 Å². The molecule has 0 spiro atoms. The molecular formula is C35H56ClN17O6. The van der Waals surface area contributed by atoms with Crippen LogP contribution in [0.3, 0.4) is 0 Å². The number of nitrogens with two attached hydrogens (primary N) is 2. The highest BCUT2D eigenvalue weighted by Crippen LogP contribution is 2.21. The van der Waals surface area contributed by atoms with E-state index in [0.717, 1.165) is 5.69 Å². The van der Waals surface area contributed by atoms with Crippen LogP contribution in [0.4, 0.5) is 17.8 Å². The summed E-state index contributed by atoms with van der Waals surface area (Å²) in [4.78, 5) is 52.6. The van der Waals surface area contributed by atoms with E-state index in [4.69, 9.17) is 52.2 Å². The van der Waals surface area contributed by atoms with Crippen molar-refractivity contribution in [2.24, 2.45) is 16.5 Å². The fourth-order valence-corrected chi connectivity index (χ4v) is 6.15. The van der Waals surface area contributed by atoms with Crippen LogP contribution in [0.1, 0.15) is 30.8 Å². The molecule has 0 aliphatic carbocycles. The minimum Gasteiger partial charge on any atom is -0.396 e. The summed E-state index contributed by atoms with van der Waals surface area (Å²) in [6, 6.07) is -0.530. The van der Waals surface area contributed by atoms with E-state index < -0.39 is 6.04 Å². The number of amides is 2. The molecule has 2 aliphatic heterocycles. The summed E-state index contributed by atoms with van der Waals surface area (Å²) in [5.74, 6) is 3.69. The number of aromatic nitrogens is 9. The van der Waals surface area contributed by atoms with Crippen molar-refractivity contribution >= 4 is 48.0 Å². The molecule has 2 fully saturated rings. The van der Waals surface area contributed by atoms with Gasteiger partial charge in [0.2, 0.25) is 29.7 Å². The summed E-state index contributed by atoms with van der Waals surface area (Å²) in [5.41, 5.74) is 12.2. The molecule has 6 N–H and O–H groups in total. The lowest BCUT2D eigenvalue weighted by Gasteiger charge is -2.37. The maximum absolute atomic E-state index is 13.5. The molecule has 0 radical (unpaired) electrons. The molecule has 5 heterocycles. The number of ether oxygens (including phenoxy) is 3. The molecule has 5 rings (SSSR count). The molecule has 59 heavy (non-hydrogen) atoms. The van der Waals surface area contributed by atoms with Crippen LogP contribution in [0.5, 0.6) is 0 Å². The van der Waals surface area contributed by atoms with Crippen molar-refractivity contribution in [3.05, 3.63) is 23.8 Å². The van der Waals surface area contributed by atoms with Gasteiger partial charge in [0.1, 0.15) is 19.2 Å². The number of nitrogens with zero attached hydrogens (tertiary/aromatic N) is 14. The minimum atomic E-state index is -0.530. The van der Waals surface area contributed by atoms with Gasteiger partial charge in [-0.25, -0.2) is 9.36 Å². The molecule has 0 aromatic carbocycles. The fraction of sp³-hybridized carbons (Fsp3) is 0.657.